The Labute approximate surface area is 340 Å². The minimum absolute atomic E-state index is 0.00487. The molecule has 3 N–H and O–H groups in total. The maximum absolute atomic E-state index is 14.9. The lowest BCUT2D eigenvalue weighted by Crippen LogP contribution is -2.59. The number of sulfonamides is 1. The molecule has 57 heavy (non-hydrogen) atoms. The Morgan fingerprint density at radius 1 is 1.11 bits per heavy atom. The zero-order valence-electron chi connectivity index (χ0n) is 34.0. The highest BCUT2D eigenvalue weighted by molar-refractivity contribution is 7.91. The number of hydrogen-bond donors (Lipinski definition) is 3. The predicted octanol–water partition coefficient (Wildman–Crippen LogP) is 5.80. The van der Waals surface area contributed by atoms with E-state index in [0.717, 1.165) is 6.42 Å². The summed E-state index contributed by atoms with van der Waals surface area (Å²) < 4.78 is 45.7. The Morgan fingerprint density at radius 3 is 2.49 bits per heavy atom. The highest BCUT2D eigenvalue weighted by Gasteiger charge is 2.63. The molecule has 2 aromatic rings. The van der Waals surface area contributed by atoms with Crippen molar-refractivity contribution in [2.75, 3.05) is 6.54 Å². The molecule has 0 bridgehead atoms. The van der Waals surface area contributed by atoms with Gasteiger partial charge >= 0.3 is 6.09 Å². The highest BCUT2D eigenvalue weighted by atomic mass is 35.5. The summed E-state index contributed by atoms with van der Waals surface area (Å²) in [6, 6.07) is 4.79. The topological polar surface area (TPSA) is 182 Å². The average Bonchev–Trinajstić information content (AvgIpc) is 3.98. The quantitative estimate of drug-likeness (QED) is 0.275. The molecule has 2 saturated carbocycles. The molecule has 6 rings (SSSR count). The largest absolute Gasteiger partial charge is 0.475 e. The van der Waals surface area contributed by atoms with Gasteiger partial charge < -0.3 is 29.7 Å². The van der Waals surface area contributed by atoms with Crippen molar-refractivity contribution in [3.63, 3.8) is 0 Å². The van der Waals surface area contributed by atoms with Gasteiger partial charge in [0.2, 0.25) is 33.6 Å². The first kappa shape index (κ1) is 42.5. The summed E-state index contributed by atoms with van der Waals surface area (Å²) in [5, 5.41) is 7.40. The van der Waals surface area contributed by atoms with Gasteiger partial charge in [-0.15, -0.1) is 0 Å². The Hall–Kier alpha value is -4.11. The highest BCUT2D eigenvalue weighted by Crippen LogP contribution is 2.48. The molecule has 1 aromatic carbocycles. The van der Waals surface area contributed by atoms with Gasteiger partial charge in [-0.25, -0.2) is 13.2 Å². The van der Waals surface area contributed by atoms with Gasteiger partial charge in [-0.2, -0.15) is 4.98 Å². The lowest BCUT2D eigenvalue weighted by Gasteiger charge is -2.33. The number of ether oxygens (including phenoxy) is 3. The van der Waals surface area contributed by atoms with Crippen LogP contribution in [0.4, 0.5) is 4.79 Å². The second kappa shape index (κ2) is 15.9. The van der Waals surface area contributed by atoms with E-state index in [9.17, 15) is 27.6 Å². The maximum Gasteiger partial charge on any atom is 0.408 e. The number of nitrogens with zero attached hydrogens (tertiary/aromatic N) is 2. The van der Waals surface area contributed by atoms with E-state index in [1.54, 1.807) is 52.0 Å². The van der Waals surface area contributed by atoms with Gasteiger partial charge in [-0.05, 0) is 104 Å². The summed E-state index contributed by atoms with van der Waals surface area (Å²) in [5.41, 5.74) is -2.39. The van der Waals surface area contributed by atoms with E-state index >= 15 is 0 Å². The van der Waals surface area contributed by atoms with Gasteiger partial charge in [0.05, 0.1) is 17.4 Å². The molecule has 1 aromatic heterocycles. The fourth-order valence-corrected chi connectivity index (χ4v) is 9.31. The summed E-state index contributed by atoms with van der Waals surface area (Å²) >= 11 is 6.60. The molecular weight excluding hydrogens is 774 g/mol. The fraction of sp³-hybridized carbons (Fsp3) is 0.634. The van der Waals surface area contributed by atoms with E-state index in [2.05, 4.69) is 27.3 Å². The summed E-state index contributed by atoms with van der Waals surface area (Å²) in [6.07, 6.45) is 5.10. The fourth-order valence-electron chi connectivity index (χ4n) is 7.77. The Morgan fingerprint density at radius 2 is 1.82 bits per heavy atom. The molecule has 0 spiro atoms. The molecule has 7 atom stereocenters. The third kappa shape index (κ3) is 9.45. The number of fused-ring (bicyclic) bond motifs is 3. The smallest absolute Gasteiger partial charge is 0.408 e. The predicted molar refractivity (Wildman–Crippen MR) is 215 cm³/mol. The number of hydrogen-bond acceptors (Lipinski definition) is 10. The molecule has 4 aliphatic rings. The molecule has 16 heteroatoms. The number of alkyl carbamates (subject to hydrolysis) is 1. The zero-order chi connectivity index (χ0) is 41.7. The molecule has 1 saturated heterocycles. The van der Waals surface area contributed by atoms with Gasteiger partial charge in [0.1, 0.15) is 29.3 Å². The summed E-state index contributed by atoms with van der Waals surface area (Å²) in [6.45, 7) is 14.4. The van der Waals surface area contributed by atoms with Crippen molar-refractivity contribution in [1.29, 1.82) is 0 Å². The van der Waals surface area contributed by atoms with Crippen LogP contribution in [0.1, 0.15) is 100 Å². The number of aromatic nitrogens is 1. The van der Waals surface area contributed by atoms with E-state index in [0.29, 0.717) is 41.5 Å². The molecule has 312 valence electrons. The molecule has 3 heterocycles. The van der Waals surface area contributed by atoms with Gasteiger partial charge in [-0.1, -0.05) is 43.7 Å². The summed E-state index contributed by atoms with van der Waals surface area (Å²) in [7, 11) is -4.02. The van der Waals surface area contributed by atoms with Crippen LogP contribution in [0.3, 0.4) is 0 Å². The lowest BCUT2D eigenvalue weighted by atomic mass is 9.88. The van der Waals surface area contributed by atoms with Crippen LogP contribution in [0.25, 0.3) is 10.8 Å². The van der Waals surface area contributed by atoms with Crippen LogP contribution in [0.15, 0.2) is 36.4 Å². The van der Waals surface area contributed by atoms with Crippen LogP contribution >= 0.6 is 11.6 Å². The number of amides is 4. The summed E-state index contributed by atoms with van der Waals surface area (Å²) in [5.74, 6) is -2.21. The van der Waals surface area contributed by atoms with Crippen LogP contribution in [0.2, 0.25) is 5.02 Å². The van der Waals surface area contributed by atoms with Crippen molar-refractivity contribution in [1.82, 2.24) is 25.2 Å². The van der Waals surface area contributed by atoms with Crippen molar-refractivity contribution in [2.45, 2.75) is 141 Å². The third-order valence-corrected chi connectivity index (χ3v) is 13.8. The number of pyridine rings is 1. The normalized spacial score (nSPS) is 29.5. The number of nitrogens with one attached hydrogen (secondary N) is 3. The second-order valence-electron chi connectivity index (χ2n) is 17.9. The molecule has 0 unspecified atom stereocenters. The number of carbonyl (C=O) groups is 4. The monoisotopic (exact) mass is 829 g/mol. The molecule has 4 amide bonds. The van der Waals surface area contributed by atoms with E-state index in [-0.39, 0.29) is 49.1 Å². The van der Waals surface area contributed by atoms with E-state index in [4.69, 9.17) is 25.8 Å². The Balaban J connectivity index is 1.37. The van der Waals surface area contributed by atoms with Gasteiger partial charge in [0, 0.05) is 34.2 Å². The summed E-state index contributed by atoms with van der Waals surface area (Å²) in [4.78, 5) is 62.7. The number of halogens is 1. The van der Waals surface area contributed by atoms with Crippen LogP contribution in [-0.2, 0) is 29.1 Å². The maximum atomic E-state index is 14.9. The first-order valence-corrected chi connectivity index (χ1v) is 21.8. The van der Waals surface area contributed by atoms with Crippen LogP contribution in [-0.4, -0.2) is 88.8 Å². The number of benzene rings is 1. The standard InChI is InChI=1S/C41H56ClN5O9S/c1-23(2)54-32-20-29-28(14-11-15-30(29)42)35(43-32)55-27-19-31-34(48)45-41(37(50)46-57(52,53)40(8)16-17-40)21-26(41)13-10-9-12-24(3)18-25(4)33(36(49)47(31)22-27)44-38(51)56-39(5,6)7/h10-11,13-15,20,23-27,31,33H,9,12,16-19,21-22H2,1-8H3,(H,44,51)(H,45,48)(H,46,50)/b13-10-/t24-,25-,26-,27-,31+,33+,41-/m1/s1. The zero-order valence-corrected chi connectivity index (χ0v) is 35.6. The van der Waals surface area contributed by atoms with E-state index < -0.39 is 73.8 Å². The molecule has 2 aliphatic heterocycles. The first-order chi connectivity index (χ1) is 26.6. The van der Waals surface area contributed by atoms with Crippen molar-refractivity contribution in [3.05, 3.63) is 41.4 Å². The average molecular weight is 830 g/mol. The van der Waals surface area contributed by atoms with E-state index in [1.807, 2.05) is 32.9 Å². The Kier molecular flexibility index (Phi) is 11.9. The second-order valence-corrected chi connectivity index (χ2v) is 20.5. The number of rotatable bonds is 8. The lowest BCUT2D eigenvalue weighted by molar-refractivity contribution is -0.142. The minimum atomic E-state index is -4.02. The molecular formula is C41H56ClN5O9S. The number of allylic oxidation sites excluding steroid dienone is 1. The Bertz CT molecular complexity index is 2050. The van der Waals surface area contributed by atoms with Gasteiger partial charge in [0.15, 0.2) is 0 Å². The minimum Gasteiger partial charge on any atom is -0.475 e. The SMILES string of the molecule is CC(C)Oc1cc2c(Cl)cccc2c(O[C@@H]2C[C@H]3C(=O)N[C@]4(C(=O)NS(=O)(=O)C5(C)CC5)C[C@H]4/C=C\CC[C@@H](C)C[C@@H](C)[C@H](NC(=O)OC(C)(C)C)C(=O)N3C2)n1. The van der Waals surface area contributed by atoms with Crippen molar-refractivity contribution in [3.8, 4) is 11.8 Å². The molecule has 2 aliphatic carbocycles. The van der Waals surface area contributed by atoms with Gasteiger partial charge in [-0.3, -0.25) is 19.1 Å². The van der Waals surface area contributed by atoms with Gasteiger partial charge in [0.25, 0.3) is 5.91 Å². The van der Waals surface area contributed by atoms with E-state index in [1.165, 1.54) is 4.90 Å². The van der Waals surface area contributed by atoms with Crippen molar-refractivity contribution >= 4 is 56.2 Å². The van der Waals surface area contributed by atoms with Crippen LogP contribution in [0.5, 0.6) is 11.8 Å². The molecule has 3 fully saturated rings. The van der Waals surface area contributed by atoms with Crippen LogP contribution in [0, 0.1) is 17.8 Å². The molecule has 14 nitrogen and oxygen atoms in total. The molecule has 0 radical (unpaired) electrons. The number of carbonyl (C=O) groups excluding carboxylic acids is 4. The third-order valence-electron chi connectivity index (χ3n) is 11.3. The van der Waals surface area contributed by atoms with Crippen molar-refractivity contribution < 1.29 is 41.8 Å². The van der Waals surface area contributed by atoms with Crippen LogP contribution < -0.4 is 24.8 Å². The van der Waals surface area contributed by atoms with Crippen molar-refractivity contribution in [2.24, 2.45) is 17.8 Å². The first-order valence-electron chi connectivity index (χ1n) is 19.9.